The van der Waals surface area contributed by atoms with Gasteiger partial charge in [-0.1, -0.05) is 37.3 Å². The van der Waals surface area contributed by atoms with E-state index >= 15 is 0 Å². The predicted octanol–water partition coefficient (Wildman–Crippen LogP) is 3.18. The van der Waals surface area contributed by atoms with Crippen molar-refractivity contribution < 1.29 is 13.2 Å². The monoisotopic (exact) mass is 332 g/mol. The zero-order chi connectivity index (χ0) is 16.7. The zero-order valence-corrected chi connectivity index (χ0v) is 14.0. The van der Waals surface area contributed by atoms with Crippen LogP contribution in [0.2, 0.25) is 0 Å². The van der Waals surface area contributed by atoms with Crippen molar-refractivity contribution in [2.75, 3.05) is 6.61 Å². The fourth-order valence-electron chi connectivity index (χ4n) is 2.03. The molecule has 0 radical (unpaired) electrons. The van der Waals surface area contributed by atoms with Gasteiger partial charge in [0.25, 0.3) is 10.0 Å². The van der Waals surface area contributed by atoms with Crippen molar-refractivity contribution in [3.63, 3.8) is 0 Å². The second-order valence-corrected chi connectivity index (χ2v) is 6.44. The van der Waals surface area contributed by atoms with Gasteiger partial charge in [-0.2, -0.15) is 18.4 Å². The SMILES string of the molecule is CCOc1ccc(S(=O)(=O)N/N=C(/CC)c2ccccc2)cc1. The topological polar surface area (TPSA) is 67.8 Å². The molecule has 0 aliphatic rings. The molecule has 0 bridgehead atoms. The van der Waals surface area contributed by atoms with Crippen molar-refractivity contribution in [1.82, 2.24) is 4.83 Å². The third-order valence-electron chi connectivity index (χ3n) is 3.19. The Labute approximate surface area is 137 Å². The lowest BCUT2D eigenvalue weighted by Gasteiger charge is -2.08. The van der Waals surface area contributed by atoms with Crippen LogP contribution in [0.4, 0.5) is 0 Å². The van der Waals surface area contributed by atoms with Crippen molar-refractivity contribution >= 4 is 15.7 Å². The maximum atomic E-state index is 12.3. The molecule has 0 aromatic heterocycles. The molecule has 2 rings (SSSR count). The molecule has 122 valence electrons. The van der Waals surface area contributed by atoms with Crippen molar-refractivity contribution in [2.24, 2.45) is 5.10 Å². The molecular formula is C17H20N2O3S. The minimum absolute atomic E-state index is 0.146. The summed E-state index contributed by atoms with van der Waals surface area (Å²) < 4.78 is 29.9. The van der Waals surface area contributed by atoms with Crippen LogP contribution in [0.5, 0.6) is 5.75 Å². The number of hydrogen-bond acceptors (Lipinski definition) is 4. The number of ether oxygens (including phenoxy) is 1. The number of rotatable bonds is 7. The Morgan fingerprint density at radius 1 is 1.04 bits per heavy atom. The van der Waals surface area contributed by atoms with E-state index in [-0.39, 0.29) is 4.90 Å². The Bertz CT molecular complexity index is 754. The predicted molar refractivity (Wildman–Crippen MR) is 91.2 cm³/mol. The quantitative estimate of drug-likeness (QED) is 0.625. The van der Waals surface area contributed by atoms with Gasteiger partial charge in [-0.3, -0.25) is 0 Å². The maximum absolute atomic E-state index is 12.3. The first-order valence-corrected chi connectivity index (χ1v) is 8.91. The summed E-state index contributed by atoms with van der Waals surface area (Å²) in [7, 11) is -3.70. The minimum Gasteiger partial charge on any atom is -0.494 e. The summed E-state index contributed by atoms with van der Waals surface area (Å²) in [5.41, 5.74) is 1.57. The van der Waals surface area contributed by atoms with Gasteiger partial charge in [-0.15, -0.1) is 0 Å². The maximum Gasteiger partial charge on any atom is 0.276 e. The molecule has 1 N–H and O–H groups in total. The lowest BCUT2D eigenvalue weighted by molar-refractivity contribution is 0.340. The minimum atomic E-state index is -3.70. The first-order chi connectivity index (χ1) is 11.1. The second kappa shape index (κ2) is 7.78. The van der Waals surface area contributed by atoms with Crippen LogP contribution in [-0.2, 0) is 10.0 Å². The molecule has 2 aromatic rings. The van der Waals surface area contributed by atoms with Crippen LogP contribution in [0.3, 0.4) is 0 Å². The molecule has 0 spiro atoms. The smallest absolute Gasteiger partial charge is 0.276 e. The molecule has 23 heavy (non-hydrogen) atoms. The highest BCUT2D eigenvalue weighted by Gasteiger charge is 2.13. The normalized spacial score (nSPS) is 12.0. The van der Waals surface area contributed by atoms with Gasteiger partial charge in [0.15, 0.2) is 0 Å². The molecule has 5 nitrogen and oxygen atoms in total. The molecule has 2 aromatic carbocycles. The van der Waals surface area contributed by atoms with Crippen LogP contribution in [0, 0.1) is 0 Å². The van der Waals surface area contributed by atoms with E-state index < -0.39 is 10.0 Å². The van der Waals surface area contributed by atoms with Crippen LogP contribution < -0.4 is 9.57 Å². The molecule has 0 aliphatic heterocycles. The van der Waals surface area contributed by atoms with Gasteiger partial charge in [-0.05, 0) is 43.2 Å². The van der Waals surface area contributed by atoms with E-state index in [1.807, 2.05) is 44.2 Å². The van der Waals surface area contributed by atoms with Gasteiger partial charge in [0, 0.05) is 0 Å². The summed E-state index contributed by atoms with van der Waals surface area (Å²) in [6.45, 7) is 4.33. The average molecular weight is 332 g/mol. The molecule has 0 saturated heterocycles. The number of nitrogens with zero attached hydrogens (tertiary/aromatic N) is 1. The standard InChI is InChI=1S/C17H20N2O3S/c1-3-17(14-8-6-5-7-9-14)18-19-23(20,21)16-12-10-15(11-13-16)22-4-2/h5-13,19H,3-4H2,1-2H3/b18-17-. The molecule has 6 heteroatoms. The number of nitrogens with one attached hydrogen (secondary N) is 1. The number of benzene rings is 2. The van der Waals surface area contributed by atoms with E-state index in [1.165, 1.54) is 12.1 Å². The molecule has 0 unspecified atom stereocenters. The Kier molecular flexibility index (Phi) is 5.76. The summed E-state index contributed by atoms with van der Waals surface area (Å²) in [5, 5.41) is 4.07. The Morgan fingerprint density at radius 2 is 1.70 bits per heavy atom. The summed E-state index contributed by atoms with van der Waals surface area (Å²) in [5.74, 6) is 0.633. The van der Waals surface area contributed by atoms with Gasteiger partial charge >= 0.3 is 0 Å². The van der Waals surface area contributed by atoms with Gasteiger partial charge in [0.2, 0.25) is 0 Å². The lowest BCUT2D eigenvalue weighted by atomic mass is 10.1. The highest BCUT2D eigenvalue weighted by molar-refractivity contribution is 7.89. The Morgan fingerprint density at radius 3 is 2.26 bits per heavy atom. The summed E-state index contributed by atoms with van der Waals surface area (Å²) >= 11 is 0. The van der Waals surface area contributed by atoms with Crippen molar-refractivity contribution in [2.45, 2.75) is 25.2 Å². The van der Waals surface area contributed by atoms with Gasteiger partial charge < -0.3 is 4.74 Å². The molecule has 0 atom stereocenters. The van der Waals surface area contributed by atoms with Crippen molar-refractivity contribution in [1.29, 1.82) is 0 Å². The van der Waals surface area contributed by atoms with Crippen molar-refractivity contribution in [3.8, 4) is 5.75 Å². The first kappa shape index (κ1) is 17.0. The molecule has 0 aliphatic carbocycles. The molecule has 0 saturated carbocycles. The van der Waals surface area contributed by atoms with Gasteiger partial charge in [0.1, 0.15) is 5.75 Å². The lowest BCUT2D eigenvalue weighted by Crippen LogP contribution is -2.20. The number of hydrogen-bond donors (Lipinski definition) is 1. The Hall–Kier alpha value is -2.34. The molecule has 0 fully saturated rings. The van der Waals surface area contributed by atoms with Crippen LogP contribution in [-0.4, -0.2) is 20.7 Å². The van der Waals surface area contributed by atoms with Crippen LogP contribution in [0.15, 0.2) is 64.6 Å². The second-order valence-electron chi connectivity index (χ2n) is 4.78. The van der Waals surface area contributed by atoms with E-state index in [0.717, 1.165) is 5.56 Å². The van der Waals surface area contributed by atoms with Gasteiger partial charge in [0.05, 0.1) is 17.2 Å². The average Bonchev–Trinajstić information content (AvgIpc) is 2.57. The zero-order valence-electron chi connectivity index (χ0n) is 13.2. The molecule has 0 heterocycles. The fourth-order valence-corrected chi connectivity index (χ4v) is 2.86. The third-order valence-corrected chi connectivity index (χ3v) is 4.41. The van der Waals surface area contributed by atoms with Crippen LogP contribution in [0.1, 0.15) is 25.8 Å². The van der Waals surface area contributed by atoms with E-state index in [9.17, 15) is 8.42 Å². The summed E-state index contributed by atoms with van der Waals surface area (Å²) in [4.78, 5) is 2.44. The fraction of sp³-hybridized carbons (Fsp3) is 0.235. The van der Waals surface area contributed by atoms with E-state index in [4.69, 9.17) is 4.74 Å². The highest BCUT2D eigenvalue weighted by Crippen LogP contribution is 2.16. The van der Waals surface area contributed by atoms with E-state index in [0.29, 0.717) is 24.5 Å². The largest absolute Gasteiger partial charge is 0.494 e. The van der Waals surface area contributed by atoms with Crippen molar-refractivity contribution in [3.05, 3.63) is 60.2 Å². The van der Waals surface area contributed by atoms with E-state index in [2.05, 4.69) is 9.93 Å². The first-order valence-electron chi connectivity index (χ1n) is 7.43. The summed E-state index contributed by atoms with van der Waals surface area (Å²) in [6.07, 6.45) is 0.621. The number of hydrazone groups is 1. The molecule has 0 amide bonds. The third kappa shape index (κ3) is 4.56. The van der Waals surface area contributed by atoms with Crippen LogP contribution in [0.25, 0.3) is 0 Å². The van der Waals surface area contributed by atoms with E-state index in [1.54, 1.807) is 12.1 Å². The van der Waals surface area contributed by atoms with Gasteiger partial charge in [-0.25, -0.2) is 0 Å². The number of sulfonamides is 1. The van der Waals surface area contributed by atoms with Crippen LogP contribution >= 0.6 is 0 Å². The Balaban J connectivity index is 2.18. The summed E-state index contributed by atoms with van der Waals surface area (Å²) in [6, 6.07) is 15.7. The highest BCUT2D eigenvalue weighted by atomic mass is 32.2. The molecular weight excluding hydrogens is 312 g/mol.